The molecule has 0 aliphatic rings. The maximum Gasteiger partial charge on any atom is 0.220 e. The van der Waals surface area contributed by atoms with Crippen molar-refractivity contribution in [3.05, 3.63) is 4.77 Å². The summed E-state index contributed by atoms with van der Waals surface area (Å²) in [5, 5.41) is 5.57. The van der Waals surface area contributed by atoms with Crippen LogP contribution in [0.3, 0.4) is 0 Å². The Hall–Kier alpha value is -0.880. The van der Waals surface area contributed by atoms with Crippen molar-refractivity contribution >= 4 is 18.2 Å². The minimum absolute atomic E-state index is 0.467. The van der Waals surface area contributed by atoms with Crippen LogP contribution in [-0.2, 0) is 4.74 Å². The predicted octanol–water partition coefficient (Wildman–Crippen LogP) is 0.550. The van der Waals surface area contributed by atoms with E-state index in [4.69, 9.17) is 17.0 Å². The molecule has 1 aromatic rings. The van der Waals surface area contributed by atoms with E-state index in [1.54, 1.807) is 7.11 Å². The first kappa shape index (κ1) is 9.21. The first-order valence-electron chi connectivity index (χ1n) is 3.59. The van der Waals surface area contributed by atoms with Crippen molar-refractivity contribution < 1.29 is 4.74 Å². The average molecular weight is 188 g/mol. The van der Waals surface area contributed by atoms with Gasteiger partial charge in [0.15, 0.2) is 0 Å². The number of rotatable bonds is 4. The summed E-state index contributed by atoms with van der Waals surface area (Å²) in [5.74, 6) is 0.733. The van der Waals surface area contributed by atoms with Crippen molar-refractivity contribution in [3.8, 4) is 0 Å². The third kappa shape index (κ3) is 2.31. The van der Waals surface area contributed by atoms with Gasteiger partial charge in [0.25, 0.3) is 0 Å². The molecular weight excluding hydrogens is 176 g/mol. The molecule has 12 heavy (non-hydrogen) atoms. The Bertz CT molecular complexity index is 281. The number of likely N-dealkylation sites (N-methyl/N-ethyl adjacent to an activating group) is 1. The van der Waals surface area contributed by atoms with Gasteiger partial charge in [0.1, 0.15) is 0 Å². The van der Waals surface area contributed by atoms with Gasteiger partial charge in [-0.2, -0.15) is 4.98 Å². The van der Waals surface area contributed by atoms with Crippen LogP contribution in [0.1, 0.15) is 0 Å². The molecule has 0 aromatic carbocycles. The molecule has 0 saturated heterocycles. The molecule has 0 saturated carbocycles. The van der Waals surface area contributed by atoms with Gasteiger partial charge in [-0.1, -0.05) is 0 Å². The number of ether oxygens (including phenoxy) is 1. The Morgan fingerprint density at radius 3 is 2.83 bits per heavy atom. The lowest BCUT2D eigenvalue weighted by Gasteiger charge is -2.13. The second-order valence-corrected chi connectivity index (χ2v) is 2.79. The minimum Gasteiger partial charge on any atom is -0.383 e. The Labute approximate surface area is 75.7 Å². The van der Waals surface area contributed by atoms with Crippen LogP contribution in [0.2, 0.25) is 0 Å². The molecule has 0 aliphatic carbocycles. The molecule has 0 radical (unpaired) electrons. The fourth-order valence-electron chi connectivity index (χ4n) is 0.776. The fraction of sp³-hybridized carbons (Fsp3) is 0.667. The quantitative estimate of drug-likeness (QED) is 0.677. The van der Waals surface area contributed by atoms with E-state index in [0.717, 1.165) is 12.5 Å². The molecule has 1 aromatic heterocycles. The largest absolute Gasteiger partial charge is 0.383 e. The molecule has 2 N–H and O–H groups in total. The van der Waals surface area contributed by atoms with Gasteiger partial charge in [-0.3, -0.25) is 10.2 Å². The molecule has 0 unspecified atom stereocenters. The Kier molecular flexibility index (Phi) is 3.24. The van der Waals surface area contributed by atoms with Gasteiger partial charge in [-0.15, -0.1) is 0 Å². The van der Waals surface area contributed by atoms with Crippen LogP contribution in [-0.4, -0.2) is 42.5 Å². The summed E-state index contributed by atoms with van der Waals surface area (Å²) in [6.45, 7) is 1.45. The van der Waals surface area contributed by atoms with Crippen molar-refractivity contribution in [3.63, 3.8) is 0 Å². The Morgan fingerprint density at radius 1 is 1.58 bits per heavy atom. The lowest BCUT2D eigenvalue weighted by Crippen LogP contribution is -2.23. The highest BCUT2D eigenvalue weighted by molar-refractivity contribution is 7.71. The zero-order valence-electron chi connectivity index (χ0n) is 7.13. The maximum atomic E-state index is 4.92. The number of hydrogen-bond donors (Lipinski definition) is 2. The van der Waals surface area contributed by atoms with Gasteiger partial charge in [0, 0.05) is 20.7 Å². The van der Waals surface area contributed by atoms with Gasteiger partial charge in [-0.05, 0) is 12.2 Å². The first-order chi connectivity index (χ1) is 5.74. The summed E-state index contributed by atoms with van der Waals surface area (Å²) in [6, 6.07) is 0. The van der Waals surface area contributed by atoms with Crippen LogP contribution in [0.25, 0.3) is 0 Å². The van der Waals surface area contributed by atoms with Crippen LogP contribution in [0, 0.1) is 4.77 Å². The highest BCUT2D eigenvalue weighted by Crippen LogP contribution is 2.00. The highest BCUT2D eigenvalue weighted by Gasteiger charge is 2.01. The first-order valence-corrected chi connectivity index (χ1v) is 3.99. The number of H-pyrrole nitrogens is 2. The van der Waals surface area contributed by atoms with Crippen LogP contribution in [0.15, 0.2) is 0 Å². The van der Waals surface area contributed by atoms with Crippen molar-refractivity contribution in [2.24, 2.45) is 0 Å². The van der Waals surface area contributed by atoms with E-state index in [9.17, 15) is 0 Å². The van der Waals surface area contributed by atoms with Crippen molar-refractivity contribution in [1.82, 2.24) is 15.2 Å². The van der Waals surface area contributed by atoms with E-state index in [0.29, 0.717) is 11.4 Å². The predicted molar refractivity (Wildman–Crippen MR) is 48.9 cm³/mol. The number of methoxy groups -OCH3 is 1. The summed E-state index contributed by atoms with van der Waals surface area (Å²) in [7, 11) is 3.58. The molecule has 68 valence electrons. The van der Waals surface area contributed by atoms with Gasteiger partial charge >= 0.3 is 0 Å². The monoisotopic (exact) mass is 188 g/mol. The minimum atomic E-state index is 0.467. The zero-order chi connectivity index (χ0) is 8.97. The third-order valence-electron chi connectivity index (χ3n) is 1.48. The summed E-state index contributed by atoms with van der Waals surface area (Å²) in [6.07, 6.45) is 0. The fourth-order valence-corrected chi connectivity index (χ4v) is 0.914. The highest BCUT2D eigenvalue weighted by atomic mass is 32.1. The van der Waals surface area contributed by atoms with E-state index < -0.39 is 0 Å². The van der Waals surface area contributed by atoms with E-state index >= 15 is 0 Å². The molecule has 0 bridgehead atoms. The molecule has 0 amide bonds. The van der Waals surface area contributed by atoms with Gasteiger partial charge in [0.2, 0.25) is 10.7 Å². The molecule has 1 heterocycles. The molecule has 6 heteroatoms. The smallest absolute Gasteiger partial charge is 0.220 e. The molecule has 5 nitrogen and oxygen atoms in total. The van der Waals surface area contributed by atoms with E-state index in [1.165, 1.54) is 0 Å². The van der Waals surface area contributed by atoms with E-state index in [-0.39, 0.29) is 0 Å². The number of anilines is 1. The van der Waals surface area contributed by atoms with Crippen molar-refractivity contribution in [2.45, 2.75) is 0 Å². The van der Waals surface area contributed by atoms with E-state index in [2.05, 4.69) is 15.2 Å². The number of aromatic amines is 2. The number of nitrogens with zero attached hydrogens (tertiary/aromatic N) is 2. The van der Waals surface area contributed by atoms with Gasteiger partial charge < -0.3 is 9.64 Å². The normalized spacial score (nSPS) is 10.2. The lowest BCUT2D eigenvalue weighted by atomic mass is 10.6. The van der Waals surface area contributed by atoms with Crippen LogP contribution >= 0.6 is 12.2 Å². The molecule has 0 aliphatic heterocycles. The summed E-state index contributed by atoms with van der Waals surface area (Å²) in [4.78, 5) is 5.96. The molecular formula is C6H12N4OS. The second-order valence-electron chi connectivity index (χ2n) is 2.40. The Balaban J connectivity index is 2.53. The van der Waals surface area contributed by atoms with Crippen LogP contribution < -0.4 is 4.90 Å². The summed E-state index contributed by atoms with van der Waals surface area (Å²) in [5.41, 5.74) is 0. The van der Waals surface area contributed by atoms with Gasteiger partial charge in [-0.25, -0.2) is 0 Å². The SMILES string of the molecule is COCCN(C)c1nc(=S)[nH][nH]1. The van der Waals surface area contributed by atoms with Crippen LogP contribution in [0.4, 0.5) is 5.95 Å². The molecule has 0 fully saturated rings. The molecule has 1 rings (SSSR count). The Morgan fingerprint density at radius 2 is 2.33 bits per heavy atom. The lowest BCUT2D eigenvalue weighted by molar-refractivity contribution is 0.206. The van der Waals surface area contributed by atoms with Crippen LogP contribution in [0.5, 0.6) is 0 Å². The average Bonchev–Trinajstić information content (AvgIpc) is 2.47. The zero-order valence-corrected chi connectivity index (χ0v) is 7.94. The van der Waals surface area contributed by atoms with Gasteiger partial charge in [0.05, 0.1) is 6.61 Å². The molecule has 0 atom stereocenters. The standard InChI is InChI=1S/C6H12N4OS/c1-10(3-4-11-2)5-7-6(12)9-8-5/h3-4H2,1-2H3,(H2,7,8,9,12). The third-order valence-corrected chi connectivity index (χ3v) is 1.67. The van der Waals surface area contributed by atoms with Crippen molar-refractivity contribution in [1.29, 1.82) is 0 Å². The maximum absolute atomic E-state index is 4.92. The number of aromatic nitrogens is 3. The summed E-state index contributed by atoms with van der Waals surface area (Å²) >= 11 is 4.81. The van der Waals surface area contributed by atoms with Crippen molar-refractivity contribution in [2.75, 3.05) is 32.2 Å². The number of nitrogens with one attached hydrogen (secondary N) is 2. The molecule has 0 spiro atoms. The second kappa shape index (κ2) is 4.22. The number of hydrogen-bond acceptors (Lipinski definition) is 4. The summed E-state index contributed by atoms with van der Waals surface area (Å²) < 4.78 is 5.39. The van der Waals surface area contributed by atoms with E-state index in [1.807, 2.05) is 11.9 Å². The topological polar surface area (TPSA) is 56.9 Å².